The zero-order valence-corrected chi connectivity index (χ0v) is 20.7. The van der Waals surface area contributed by atoms with E-state index in [4.69, 9.17) is 9.72 Å². The van der Waals surface area contributed by atoms with E-state index in [1.54, 1.807) is 7.11 Å². The van der Waals surface area contributed by atoms with Crippen molar-refractivity contribution in [3.63, 3.8) is 0 Å². The highest BCUT2D eigenvalue weighted by molar-refractivity contribution is 5.93. The van der Waals surface area contributed by atoms with Gasteiger partial charge in [-0.3, -0.25) is 0 Å². The maximum absolute atomic E-state index is 5.29. The number of ether oxygens (including phenoxy) is 1. The van der Waals surface area contributed by atoms with Crippen LogP contribution in [0.15, 0.2) is 54.6 Å². The number of fused-ring (bicyclic) bond motifs is 2. The minimum atomic E-state index is 0. The Hall–Kier alpha value is -2.05. The Morgan fingerprint density at radius 1 is 1.00 bits per heavy atom. The van der Waals surface area contributed by atoms with E-state index >= 15 is 0 Å². The van der Waals surface area contributed by atoms with Gasteiger partial charge in [0.15, 0.2) is 0 Å². The molecule has 1 aliphatic carbocycles. The fourth-order valence-electron chi connectivity index (χ4n) is 5.23. The molecule has 7 heteroatoms. The molecule has 3 N–H and O–H groups in total. The van der Waals surface area contributed by atoms with Crippen molar-refractivity contribution in [1.82, 2.24) is 15.6 Å². The van der Waals surface area contributed by atoms with Crippen molar-refractivity contribution >= 4 is 41.4 Å². The zero-order valence-electron chi connectivity index (χ0n) is 19.0. The molecule has 2 heterocycles. The molecule has 0 amide bonds. The fourth-order valence-corrected chi connectivity index (χ4v) is 5.23. The van der Waals surface area contributed by atoms with Crippen molar-refractivity contribution in [2.45, 2.75) is 25.3 Å². The van der Waals surface area contributed by atoms with Gasteiger partial charge >= 0.3 is 0 Å². The van der Waals surface area contributed by atoms with Gasteiger partial charge in [-0.1, -0.05) is 18.2 Å². The van der Waals surface area contributed by atoms with Crippen LogP contribution < -0.4 is 20.7 Å². The maximum Gasteiger partial charge on any atom is 0.118 e. The van der Waals surface area contributed by atoms with Crippen LogP contribution in [0, 0.1) is 11.8 Å². The van der Waals surface area contributed by atoms with Crippen LogP contribution in [0.1, 0.15) is 19.3 Å². The summed E-state index contributed by atoms with van der Waals surface area (Å²) in [6.45, 7) is 4.42. The Kier molecular flexibility index (Phi) is 9.21. The van der Waals surface area contributed by atoms with E-state index in [0.29, 0.717) is 6.04 Å². The molecular weight excluding hydrogens is 455 g/mol. The quantitative estimate of drug-likeness (QED) is 0.383. The molecule has 33 heavy (non-hydrogen) atoms. The number of halogens is 2. The molecule has 2 aromatic carbocycles. The van der Waals surface area contributed by atoms with Gasteiger partial charge in [-0.25, -0.2) is 4.98 Å². The number of benzene rings is 2. The van der Waals surface area contributed by atoms with Crippen LogP contribution in [0.3, 0.4) is 0 Å². The molecule has 1 saturated carbocycles. The second-order valence-electron chi connectivity index (χ2n) is 8.80. The van der Waals surface area contributed by atoms with Gasteiger partial charge in [0.05, 0.1) is 18.3 Å². The number of anilines is 1. The Balaban J connectivity index is 0.00000153. The number of nitrogens with zero attached hydrogens (tertiary/aromatic N) is 1. The number of hydrogen-bond acceptors (Lipinski definition) is 5. The molecule has 5 rings (SSSR count). The highest BCUT2D eigenvalue weighted by Gasteiger charge is 2.38. The average Bonchev–Trinajstić information content (AvgIpc) is 3.43. The van der Waals surface area contributed by atoms with Crippen LogP contribution >= 0.6 is 24.8 Å². The molecule has 1 aromatic heterocycles. The van der Waals surface area contributed by atoms with Gasteiger partial charge in [0.2, 0.25) is 0 Å². The summed E-state index contributed by atoms with van der Waals surface area (Å²) in [7, 11) is 1.69. The van der Waals surface area contributed by atoms with Crippen LogP contribution in [-0.4, -0.2) is 44.3 Å². The number of para-hydroxylation sites is 1. The highest BCUT2D eigenvalue weighted by Crippen LogP contribution is 2.34. The van der Waals surface area contributed by atoms with E-state index in [-0.39, 0.29) is 24.8 Å². The van der Waals surface area contributed by atoms with E-state index in [1.165, 1.54) is 31.3 Å². The second-order valence-corrected chi connectivity index (χ2v) is 8.80. The van der Waals surface area contributed by atoms with Crippen LogP contribution in [-0.2, 0) is 0 Å². The van der Waals surface area contributed by atoms with Crippen LogP contribution in [0.5, 0.6) is 5.75 Å². The van der Waals surface area contributed by atoms with E-state index in [9.17, 15) is 0 Å². The van der Waals surface area contributed by atoms with E-state index < -0.39 is 0 Å². The number of nitrogens with one attached hydrogen (secondary N) is 3. The summed E-state index contributed by atoms with van der Waals surface area (Å²) in [6, 6.07) is 19.3. The fraction of sp³-hybridized carbons (Fsp3) is 0.423. The minimum Gasteiger partial charge on any atom is -0.497 e. The molecule has 0 radical (unpaired) electrons. The van der Waals surface area contributed by atoms with Crippen LogP contribution in [0.2, 0.25) is 0 Å². The van der Waals surface area contributed by atoms with Crippen LogP contribution in [0.4, 0.5) is 5.69 Å². The number of hydrogen-bond donors (Lipinski definition) is 3. The van der Waals surface area contributed by atoms with Gasteiger partial charge in [-0.05, 0) is 87.1 Å². The Morgan fingerprint density at radius 3 is 2.64 bits per heavy atom. The Morgan fingerprint density at radius 2 is 1.82 bits per heavy atom. The first kappa shape index (κ1) is 25.6. The third-order valence-electron chi connectivity index (χ3n) is 6.93. The summed E-state index contributed by atoms with van der Waals surface area (Å²) < 4.78 is 5.29. The maximum atomic E-state index is 5.29. The summed E-state index contributed by atoms with van der Waals surface area (Å²) in [4.78, 5) is 4.89. The lowest BCUT2D eigenvalue weighted by Gasteiger charge is -2.19. The Bertz CT molecular complexity index is 1030. The van der Waals surface area contributed by atoms with Gasteiger partial charge in [0.1, 0.15) is 5.75 Å². The number of methoxy groups -OCH3 is 1. The van der Waals surface area contributed by atoms with Crippen molar-refractivity contribution in [3.8, 4) is 17.0 Å². The monoisotopic (exact) mass is 488 g/mol. The van der Waals surface area contributed by atoms with Gasteiger partial charge in [0.25, 0.3) is 0 Å². The molecule has 0 spiro atoms. The predicted molar refractivity (Wildman–Crippen MR) is 142 cm³/mol. The third kappa shape index (κ3) is 5.72. The number of rotatable bonds is 8. The normalized spacial score (nSPS) is 21.2. The summed E-state index contributed by atoms with van der Waals surface area (Å²) >= 11 is 0. The van der Waals surface area contributed by atoms with Crippen molar-refractivity contribution in [2.24, 2.45) is 11.8 Å². The standard InChI is InChI=1S/C26H32N4O.2ClH/c1-31-20-10-7-18(8-11-20)25-15-26(21-5-2-3-6-24(21)30-25)29-14-4-13-28-23-12-9-19-16-27-17-22(19)23;;/h2-3,5-8,10-11,15,19,22-23,27-28H,4,9,12-14,16-17H2,1H3,(H,29,30);2*1H. The molecule has 0 bridgehead atoms. The number of aromatic nitrogens is 1. The molecular formula is C26H34Cl2N4O. The molecule has 1 saturated heterocycles. The smallest absolute Gasteiger partial charge is 0.118 e. The molecule has 2 fully saturated rings. The molecule has 5 nitrogen and oxygen atoms in total. The first-order valence-corrected chi connectivity index (χ1v) is 11.5. The largest absolute Gasteiger partial charge is 0.497 e. The van der Waals surface area contributed by atoms with Gasteiger partial charge in [-0.2, -0.15) is 0 Å². The summed E-state index contributed by atoms with van der Waals surface area (Å²) in [5, 5.41) is 12.2. The summed E-state index contributed by atoms with van der Waals surface area (Å²) in [5.74, 6) is 2.59. The zero-order chi connectivity index (χ0) is 21.0. The minimum absolute atomic E-state index is 0. The van der Waals surface area contributed by atoms with Crippen molar-refractivity contribution < 1.29 is 4.74 Å². The molecule has 1 aliphatic heterocycles. The first-order chi connectivity index (χ1) is 15.3. The van der Waals surface area contributed by atoms with Gasteiger partial charge in [-0.15, -0.1) is 24.8 Å². The predicted octanol–water partition coefficient (Wildman–Crippen LogP) is 5.14. The van der Waals surface area contributed by atoms with E-state index in [0.717, 1.165) is 59.6 Å². The lowest BCUT2D eigenvalue weighted by atomic mass is 9.98. The Labute approximate surface area is 208 Å². The second kappa shape index (κ2) is 11.9. The highest BCUT2D eigenvalue weighted by atomic mass is 35.5. The molecule has 2 aliphatic rings. The summed E-state index contributed by atoms with van der Waals surface area (Å²) in [6.07, 6.45) is 3.82. The first-order valence-electron chi connectivity index (χ1n) is 11.5. The SMILES string of the molecule is COc1ccc(-c2cc(NCCCNC3CCC4CNCC43)c3ccccc3n2)cc1.Cl.Cl. The van der Waals surface area contributed by atoms with Crippen LogP contribution in [0.25, 0.3) is 22.2 Å². The molecule has 3 aromatic rings. The summed E-state index contributed by atoms with van der Waals surface area (Å²) in [5.41, 5.74) is 4.24. The van der Waals surface area contributed by atoms with Crippen molar-refractivity contribution in [2.75, 3.05) is 38.6 Å². The topological polar surface area (TPSA) is 58.2 Å². The molecule has 178 valence electrons. The van der Waals surface area contributed by atoms with Gasteiger partial charge < -0.3 is 20.7 Å². The molecule has 3 unspecified atom stereocenters. The lowest BCUT2D eigenvalue weighted by molar-refractivity contribution is 0.389. The number of pyridine rings is 1. The van der Waals surface area contributed by atoms with Crippen molar-refractivity contribution in [3.05, 3.63) is 54.6 Å². The third-order valence-corrected chi connectivity index (χ3v) is 6.93. The molecule has 3 atom stereocenters. The van der Waals surface area contributed by atoms with Gasteiger partial charge in [0, 0.05) is 29.2 Å². The van der Waals surface area contributed by atoms with E-state index in [1.807, 2.05) is 18.2 Å². The lowest BCUT2D eigenvalue weighted by Crippen LogP contribution is -2.36. The average molecular weight is 489 g/mol. The van der Waals surface area contributed by atoms with E-state index in [2.05, 4.69) is 52.3 Å². The van der Waals surface area contributed by atoms with Crippen molar-refractivity contribution in [1.29, 1.82) is 0 Å².